The molecule has 2 nitrogen and oxygen atoms in total. The lowest BCUT2D eigenvalue weighted by atomic mass is 10.1. The molecule has 19 heavy (non-hydrogen) atoms. The number of fused-ring (bicyclic) bond motifs is 1. The van der Waals surface area contributed by atoms with Gasteiger partial charge in [-0.2, -0.15) is 5.10 Å². The average molecular weight is 291 g/mol. The Morgan fingerprint density at radius 1 is 0.947 bits per heavy atom. The second kappa shape index (κ2) is 5.24. The maximum absolute atomic E-state index is 5.97. The molecule has 0 heterocycles. The van der Waals surface area contributed by atoms with Crippen molar-refractivity contribution in [3.8, 4) is 0 Å². The molecule has 3 rings (SSSR count). The summed E-state index contributed by atoms with van der Waals surface area (Å²) in [6.07, 6.45) is 2.02. The fraction of sp³-hybridized carbons (Fsp3) is 0.133. The maximum Gasteiger partial charge on any atom is 0.0685 e. The van der Waals surface area contributed by atoms with E-state index in [9.17, 15) is 0 Å². The van der Waals surface area contributed by atoms with Crippen molar-refractivity contribution in [2.75, 3.05) is 5.43 Å². The van der Waals surface area contributed by atoms with E-state index in [4.69, 9.17) is 23.2 Å². The number of aryl methyl sites for hydroxylation is 1. The summed E-state index contributed by atoms with van der Waals surface area (Å²) in [7, 11) is 0. The van der Waals surface area contributed by atoms with Gasteiger partial charge in [0.25, 0.3) is 0 Å². The third-order valence-corrected chi connectivity index (χ3v) is 3.94. The highest BCUT2D eigenvalue weighted by atomic mass is 35.5. The number of anilines is 1. The number of halogens is 2. The molecule has 1 aliphatic carbocycles. The summed E-state index contributed by atoms with van der Waals surface area (Å²) in [6.45, 7) is 0. The van der Waals surface area contributed by atoms with Gasteiger partial charge < -0.3 is 0 Å². The van der Waals surface area contributed by atoms with Crippen LogP contribution in [0.5, 0.6) is 0 Å². The number of rotatable bonds is 2. The highest BCUT2D eigenvalue weighted by Gasteiger charge is 2.16. The summed E-state index contributed by atoms with van der Waals surface area (Å²) in [4.78, 5) is 0. The summed E-state index contributed by atoms with van der Waals surface area (Å²) in [6, 6.07) is 13.8. The lowest BCUT2D eigenvalue weighted by Gasteiger charge is -2.04. The minimum absolute atomic E-state index is 0.527. The van der Waals surface area contributed by atoms with Crippen molar-refractivity contribution in [3.05, 3.63) is 63.6 Å². The molecule has 0 spiro atoms. The molecule has 0 amide bonds. The molecule has 0 aromatic heterocycles. The SMILES string of the molecule is Clc1ccc(N/N=C2/CCc3ccccc32)cc1Cl. The van der Waals surface area contributed by atoms with Crippen LogP contribution in [-0.4, -0.2) is 5.71 Å². The number of nitrogens with one attached hydrogen (secondary N) is 1. The fourth-order valence-corrected chi connectivity index (χ4v) is 2.52. The van der Waals surface area contributed by atoms with Gasteiger partial charge in [-0.3, -0.25) is 5.43 Å². The van der Waals surface area contributed by atoms with Crippen LogP contribution in [0.4, 0.5) is 5.69 Å². The van der Waals surface area contributed by atoms with E-state index in [1.807, 2.05) is 12.1 Å². The number of hydrogen-bond acceptors (Lipinski definition) is 2. The molecule has 0 aliphatic heterocycles. The minimum atomic E-state index is 0.527. The quantitative estimate of drug-likeness (QED) is 0.793. The van der Waals surface area contributed by atoms with Crippen LogP contribution in [0.15, 0.2) is 47.6 Å². The van der Waals surface area contributed by atoms with Crippen LogP contribution in [0.2, 0.25) is 10.0 Å². The van der Waals surface area contributed by atoms with Crippen molar-refractivity contribution in [1.29, 1.82) is 0 Å². The van der Waals surface area contributed by atoms with Crippen molar-refractivity contribution >= 4 is 34.6 Å². The lowest BCUT2D eigenvalue weighted by Crippen LogP contribution is -1.99. The Balaban J connectivity index is 1.82. The largest absolute Gasteiger partial charge is 0.278 e. The van der Waals surface area contributed by atoms with Gasteiger partial charge in [0, 0.05) is 5.56 Å². The number of hydrogen-bond donors (Lipinski definition) is 1. The van der Waals surface area contributed by atoms with Gasteiger partial charge >= 0.3 is 0 Å². The van der Waals surface area contributed by atoms with Crippen LogP contribution in [-0.2, 0) is 6.42 Å². The zero-order valence-corrected chi connectivity index (χ0v) is 11.7. The third-order valence-electron chi connectivity index (χ3n) is 3.20. The highest BCUT2D eigenvalue weighted by molar-refractivity contribution is 6.42. The molecule has 1 aliphatic rings. The highest BCUT2D eigenvalue weighted by Crippen LogP contribution is 2.26. The van der Waals surface area contributed by atoms with Crippen molar-refractivity contribution in [1.82, 2.24) is 0 Å². The molecule has 0 atom stereocenters. The topological polar surface area (TPSA) is 24.4 Å². The first kappa shape index (κ1) is 12.5. The van der Waals surface area contributed by atoms with Crippen LogP contribution in [0.25, 0.3) is 0 Å². The van der Waals surface area contributed by atoms with E-state index in [0.717, 1.165) is 24.2 Å². The summed E-state index contributed by atoms with van der Waals surface area (Å²) >= 11 is 11.8. The van der Waals surface area contributed by atoms with Crippen molar-refractivity contribution in [3.63, 3.8) is 0 Å². The maximum atomic E-state index is 5.97. The summed E-state index contributed by atoms with van der Waals surface area (Å²) in [5, 5.41) is 5.54. The van der Waals surface area contributed by atoms with Gasteiger partial charge in [0.2, 0.25) is 0 Å². The molecular formula is C15H12Cl2N2. The Kier molecular flexibility index (Phi) is 3.45. The molecule has 0 unspecified atom stereocenters. The Hall–Kier alpha value is -1.51. The monoisotopic (exact) mass is 290 g/mol. The van der Waals surface area contributed by atoms with Crippen LogP contribution < -0.4 is 5.43 Å². The first-order chi connectivity index (χ1) is 9.24. The smallest absolute Gasteiger partial charge is 0.0685 e. The van der Waals surface area contributed by atoms with Gasteiger partial charge in [-0.05, 0) is 36.6 Å². The van der Waals surface area contributed by atoms with E-state index >= 15 is 0 Å². The van der Waals surface area contributed by atoms with Crippen LogP contribution in [0.1, 0.15) is 17.5 Å². The molecule has 0 saturated carbocycles. The number of hydrazone groups is 1. The second-order valence-corrected chi connectivity index (χ2v) is 5.27. The van der Waals surface area contributed by atoms with Gasteiger partial charge in [0.15, 0.2) is 0 Å². The Labute approximate surface area is 122 Å². The standard InChI is InChI=1S/C15H12Cl2N2/c16-13-7-6-11(9-14(13)17)18-19-15-8-5-10-3-1-2-4-12(10)15/h1-4,6-7,9,18H,5,8H2/b19-15-. The Morgan fingerprint density at radius 3 is 2.63 bits per heavy atom. The first-order valence-electron chi connectivity index (χ1n) is 6.10. The van der Waals surface area contributed by atoms with Crippen molar-refractivity contribution in [2.45, 2.75) is 12.8 Å². The van der Waals surface area contributed by atoms with Gasteiger partial charge in [-0.1, -0.05) is 47.5 Å². The van der Waals surface area contributed by atoms with Crippen LogP contribution in [0.3, 0.4) is 0 Å². The number of nitrogens with zero attached hydrogens (tertiary/aromatic N) is 1. The van der Waals surface area contributed by atoms with E-state index < -0.39 is 0 Å². The van der Waals surface area contributed by atoms with Crippen molar-refractivity contribution in [2.24, 2.45) is 5.10 Å². The van der Waals surface area contributed by atoms with Gasteiger partial charge in [0.05, 0.1) is 21.4 Å². The lowest BCUT2D eigenvalue weighted by molar-refractivity contribution is 1.09. The summed E-state index contributed by atoms with van der Waals surface area (Å²) < 4.78 is 0. The second-order valence-electron chi connectivity index (χ2n) is 4.46. The molecule has 2 aromatic carbocycles. The Morgan fingerprint density at radius 2 is 1.79 bits per heavy atom. The zero-order chi connectivity index (χ0) is 13.2. The zero-order valence-electron chi connectivity index (χ0n) is 10.2. The van der Waals surface area contributed by atoms with Gasteiger partial charge in [-0.15, -0.1) is 0 Å². The number of benzene rings is 2. The molecule has 4 heteroatoms. The van der Waals surface area contributed by atoms with Gasteiger partial charge in [-0.25, -0.2) is 0 Å². The molecule has 2 aromatic rings. The van der Waals surface area contributed by atoms with E-state index in [-0.39, 0.29) is 0 Å². The summed E-state index contributed by atoms with van der Waals surface area (Å²) in [5.74, 6) is 0. The third kappa shape index (κ3) is 2.60. The molecule has 1 N–H and O–H groups in total. The molecular weight excluding hydrogens is 279 g/mol. The van der Waals surface area contributed by atoms with Crippen LogP contribution >= 0.6 is 23.2 Å². The minimum Gasteiger partial charge on any atom is -0.278 e. The molecule has 0 fully saturated rings. The van der Waals surface area contributed by atoms with E-state index in [1.54, 1.807) is 12.1 Å². The molecule has 0 bridgehead atoms. The summed E-state index contributed by atoms with van der Waals surface area (Å²) in [5.41, 5.74) is 7.55. The van der Waals surface area contributed by atoms with E-state index in [2.05, 4.69) is 28.7 Å². The normalized spacial score (nSPS) is 15.6. The molecule has 0 saturated heterocycles. The fourth-order valence-electron chi connectivity index (χ4n) is 2.22. The Bertz CT molecular complexity index is 650. The molecule has 96 valence electrons. The predicted octanol–water partition coefficient (Wildman–Crippen LogP) is 4.76. The predicted molar refractivity (Wildman–Crippen MR) is 81.4 cm³/mol. The average Bonchev–Trinajstić information content (AvgIpc) is 2.83. The van der Waals surface area contributed by atoms with E-state index in [0.29, 0.717) is 10.0 Å². The van der Waals surface area contributed by atoms with E-state index in [1.165, 1.54) is 11.1 Å². The van der Waals surface area contributed by atoms with Crippen molar-refractivity contribution < 1.29 is 0 Å². The first-order valence-corrected chi connectivity index (χ1v) is 6.85. The van der Waals surface area contributed by atoms with Gasteiger partial charge in [0.1, 0.15) is 0 Å². The molecule has 0 radical (unpaired) electrons. The van der Waals surface area contributed by atoms with Crippen LogP contribution in [0, 0.1) is 0 Å².